The van der Waals surface area contributed by atoms with Crippen molar-refractivity contribution in [1.82, 2.24) is 5.32 Å². The molecule has 0 aromatic rings. The highest BCUT2D eigenvalue weighted by Gasteiger charge is 2.47. The Morgan fingerprint density at radius 2 is 1.81 bits per heavy atom. The number of rotatable bonds is 3. The number of hydrogen-bond acceptors (Lipinski definition) is 3. The first-order valence-corrected chi connectivity index (χ1v) is 7.79. The first kappa shape index (κ1) is 12.7. The van der Waals surface area contributed by atoms with Crippen molar-refractivity contribution in [2.75, 3.05) is 6.26 Å². The first-order valence-electron chi connectivity index (χ1n) is 6.51. The van der Waals surface area contributed by atoms with E-state index in [1.165, 1.54) is 25.7 Å². The Morgan fingerprint density at radius 3 is 2.25 bits per heavy atom. The first-order chi connectivity index (χ1) is 7.54. The summed E-state index contributed by atoms with van der Waals surface area (Å²) in [5.74, 6) is 0. The SMILES string of the molecule is CSC1CCC(NC2CC(O)C2(C)C)CC1. The molecule has 2 fully saturated rings. The minimum atomic E-state index is -0.104. The molecule has 2 saturated carbocycles. The van der Waals surface area contributed by atoms with Crippen molar-refractivity contribution in [3.8, 4) is 0 Å². The zero-order chi connectivity index (χ0) is 11.8. The molecule has 2 aliphatic rings. The van der Waals surface area contributed by atoms with Crippen LogP contribution in [-0.2, 0) is 0 Å². The van der Waals surface area contributed by atoms with Crippen LogP contribution >= 0.6 is 11.8 Å². The molecule has 0 aliphatic heterocycles. The van der Waals surface area contributed by atoms with Crippen molar-refractivity contribution >= 4 is 11.8 Å². The van der Waals surface area contributed by atoms with Gasteiger partial charge in [0.25, 0.3) is 0 Å². The molecule has 2 N–H and O–H groups in total. The predicted molar refractivity (Wildman–Crippen MR) is 70.9 cm³/mol. The largest absolute Gasteiger partial charge is 0.392 e. The minimum Gasteiger partial charge on any atom is -0.392 e. The number of nitrogens with one attached hydrogen (secondary N) is 1. The molecule has 3 heteroatoms. The lowest BCUT2D eigenvalue weighted by atomic mass is 9.64. The molecule has 0 spiro atoms. The Hall–Kier alpha value is 0.270. The fraction of sp³-hybridized carbons (Fsp3) is 1.00. The van der Waals surface area contributed by atoms with Gasteiger partial charge in [0.2, 0.25) is 0 Å². The van der Waals surface area contributed by atoms with Gasteiger partial charge in [0.1, 0.15) is 0 Å². The van der Waals surface area contributed by atoms with Crippen LogP contribution in [0.4, 0.5) is 0 Å². The van der Waals surface area contributed by atoms with E-state index in [0.717, 1.165) is 11.7 Å². The van der Waals surface area contributed by atoms with E-state index in [-0.39, 0.29) is 11.5 Å². The van der Waals surface area contributed by atoms with Gasteiger partial charge in [-0.15, -0.1) is 0 Å². The standard InChI is InChI=1S/C13H25NOS/c1-13(2)11(8-12(13)15)14-9-4-6-10(16-3)7-5-9/h9-12,14-15H,4-8H2,1-3H3. The lowest BCUT2D eigenvalue weighted by Crippen LogP contribution is -2.62. The Kier molecular flexibility index (Phi) is 3.87. The number of thioether (sulfide) groups is 1. The van der Waals surface area contributed by atoms with Crippen molar-refractivity contribution in [3.05, 3.63) is 0 Å². The van der Waals surface area contributed by atoms with Crippen LogP contribution in [0.5, 0.6) is 0 Å². The van der Waals surface area contributed by atoms with Gasteiger partial charge >= 0.3 is 0 Å². The monoisotopic (exact) mass is 243 g/mol. The maximum atomic E-state index is 9.71. The summed E-state index contributed by atoms with van der Waals surface area (Å²) in [6.45, 7) is 4.35. The van der Waals surface area contributed by atoms with Crippen LogP contribution in [0, 0.1) is 5.41 Å². The van der Waals surface area contributed by atoms with Crippen molar-refractivity contribution in [3.63, 3.8) is 0 Å². The average Bonchev–Trinajstić information content (AvgIpc) is 2.29. The summed E-state index contributed by atoms with van der Waals surface area (Å²) in [5.41, 5.74) is 0.0797. The third-order valence-electron chi connectivity index (χ3n) is 4.66. The van der Waals surface area contributed by atoms with Crippen molar-refractivity contribution in [1.29, 1.82) is 0 Å². The number of aliphatic hydroxyl groups is 1. The highest BCUT2D eigenvalue weighted by Crippen LogP contribution is 2.41. The summed E-state index contributed by atoms with van der Waals surface area (Å²) in [6, 6.07) is 1.22. The minimum absolute atomic E-state index is 0.0797. The van der Waals surface area contributed by atoms with Crippen LogP contribution in [0.2, 0.25) is 0 Å². The van der Waals surface area contributed by atoms with Crippen LogP contribution in [0.1, 0.15) is 46.0 Å². The second-order valence-corrected chi connectivity index (χ2v) is 7.14. The second-order valence-electron chi connectivity index (χ2n) is 6.00. The molecule has 2 rings (SSSR count). The van der Waals surface area contributed by atoms with Crippen molar-refractivity contribution in [2.45, 2.75) is 69.4 Å². The van der Waals surface area contributed by atoms with E-state index < -0.39 is 0 Å². The number of hydrogen-bond donors (Lipinski definition) is 2. The van der Waals surface area contributed by atoms with Gasteiger partial charge in [-0.3, -0.25) is 0 Å². The van der Waals surface area contributed by atoms with E-state index in [9.17, 15) is 5.11 Å². The smallest absolute Gasteiger partial charge is 0.0621 e. The summed E-state index contributed by atoms with van der Waals surface area (Å²) < 4.78 is 0. The fourth-order valence-electron chi connectivity index (χ4n) is 2.94. The van der Waals surface area contributed by atoms with Gasteiger partial charge in [0, 0.05) is 22.7 Å². The molecule has 2 unspecified atom stereocenters. The molecular formula is C13H25NOS. The van der Waals surface area contributed by atoms with E-state index in [2.05, 4.69) is 25.4 Å². The summed E-state index contributed by atoms with van der Waals surface area (Å²) >= 11 is 2.02. The molecule has 94 valence electrons. The fourth-order valence-corrected chi connectivity index (χ4v) is 3.68. The quantitative estimate of drug-likeness (QED) is 0.798. The summed E-state index contributed by atoms with van der Waals surface area (Å²) in [4.78, 5) is 0. The van der Waals surface area contributed by atoms with Gasteiger partial charge in [-0.2, -0.15) is 11.8 Å². The molecule has 0 radical (unpaired) electrons. The Labute approximate surface area is 104 Å². The third-order valence-corrected chi connectivity index (χ3v) is 5.80. The summed E-state index contributed by atoms with van der Waals surface area (Å²) in [7, 11) is 0. The zero-order valence-electron chi connectivity index (χ0n) is 10.7. The van der Waals surface area contributed by atoms with E-state index in [0.29, 0.717) is 12.1 Å². The van der Waals surface area contributed by atoms with Crippen LogP contribution < -0.4 is 5.32 Å². The molecule has 16 heavy (non-hydrogen) atoms. The number of aliphatic hydroxyl groups excluding tert-OH is 1. The van der Waals surface area contributed by atoms with Crippen LogP contribution in [0.15, 0.2) is 0 Å². The van der Waals surface area contributed by atoms with E-state index in [1.807, 2.05) is 11.8 Å². The molecule has 0 amide bonds. The Balaban J connectivity index is 1.76. The highest BCUT2D eigenvalue weighted by molar-refractivity contribution is 7.99. The second kappa shape index (κ2) is 4.87. The molecule has 0 heterocycles. The van der Waals surface area contributed by atoms with Gasteiger partial charge in [-0.05, 0) is 38.4 Å². The van der Waals surface area contributed by atoms with Crippen molar-refractivity contribution in [2.24, 2.45) is 5.41 Å². The lowest BCUT2D eigenvalue weighted by Gasteiger charge is -2.51. The molecular weight excluding hydrogens is 218 g/mol. The molecule has 2 nitrogen and oxygen atoms in total. The Morgan fingerprint density at radius 1 is 1.19 bits per heavy atom. The Bertz CT molecular complexity index is 236. The van der Waals surface area contributed by atoms with Crippen LogP contribution in [0.3, 0.4) is 0 Å². The molecule has 0 saturated heterocycles. The third kappa shape index (κ3) is 2.41. The molecule has 0 aromatic carbocycles. The summed E-state index contributed by atoms with van der Waals surface area (Å²) in [5, 5.41) is 14.4. The van der Waals surface area contributed by atoms with Gasteiger partial charge in [0.05, 0.1) is 6.10 Å². The molecule has 0 bridgehead atoms. The predicted octanol–water partition coefficient (Wildman–Crippen LogP) is 2.41. The molecule has 2 aliphatic carbocycles. The van der Waals surface area contributed by atoms with Crippen LogP contribution in [0.25, 0.3) is 0 Å². The normalized spacial score (nSPS) is 42.8. The van der Waals surface area contributed by atoms with E-state index in [4.69, 9.17) is 0 Å². The van der Waals surface area contributed by atoms with Gasteiger partial charge in [0.15, 0.2) is 0 Å². The van der Waals surface area contributed by atoms with Gasteiger partial charge in [-0.25, -0.2) is 0 Å². The zero-order valence-corrected chi connectivity index (χ0v) is 11.5. The van der Waals surface area contributed by atoms with Gasteiger partial charge < -0.3 is 10.4 Å². The lowest BCUT2D eigenvalue weighted by molar-refractivity contribution is -0.0769. The maximum absolute atomic E-state index is 9.71. The average molecular weight is 243 g/mol. The molecule has 2 atom stereocenters. The molecule has 0 aromatic heterocycles. The van der Waals surface area contributed by atoms with Crippen LogP contribution in [-0.4, -0.2) is 34.8 Å². The highest BCUT2D eigenvalue weighted by atomic mass is 32.2. The maximum Gasteiger partial charge on any atom is 0.0621 e. The summed E-state index contributed by atoms with van der Waals surface area (Å²) in [6.07, 6.45) is 8.40. The van der Waals surface area contributed by atoms with E-state index >= 15 is 0 Å². The van der Waals surface area contributed by atoms with Crippen molar-refractivity contribution < 1.29 is 5.11 Å². The topological polar surface area (TPSA) is 32.3 Å². The van der Waals surface area contributed by atoms with Gasteiger partial charge in [-0.1, -0.05) is 13.8 Å². The van der Waals surface area contributed by atoms with E-state index in [1.54, 1.807) is 0 Å².